The quantitative estimate of drug-likeness (QED) is 0.744. The van der Waals surface area contributed by atoms with Crippen molar-refractivity contribution in [3.63, 3.8) is 0 Å². The Kier molecular flexibility index (Phi) is 2.49. The van der Waals surface area contributed by atoms with Gasteiger partial charge in [-0.15, -0.1) is 0 Å². The molecule has 80 valence electrons. The van der Waals surface area contributed by atoms with Crippen molar-refractivity contribution in [2.75, 3.05) is 24.3 Å². The number of benzene rings is 1. The molecule has 0 unspecified atom stereocenters. The van der Waals surface area contributed by atoms with Crippen molar-refractivity contribution >= 4 is 17.3 Å². The van der Waals surface area contributed by atoms with Gasteiger partial charge in [-0.3, -0.25) is 4.79 Å². The molecule has 4 nitrogen and oxygen atoms in total. The minimum absolute atomic E-state index is 0.134. The summed E-state index contributed by atoms with van der Waals surface area (Å²) >= 11 is 0. The lowest BCUT2D eigenvalue weighted by Crippen LogP contribution is -2.24. The number of hydrogen-bond acceptors (Lipinski definition) is 3. The van der Waals surface area contributed by atoms with Crippen LogP contribution in [0.4, 0.5) is 11.4 Å². The molecule has 0 saturated carbocycles. The third kappa shape index (κ3) is 1.75. The van der Waals surface area contributed by atoms with Crippen molar-refractivity contribution < 1.29 is 9.53 Å². The molecule has 1 aliphatic heterocycles. The number of carbonyl (C=O) groups is 1. The van der Waals surface area contributed by atoms with Gasteiger partial charge < -0.3 is 15.4 Å². The smallest absolute Gasteiger partial charge is 0.227 e. The van der Waals surface area contributed by atoms with E-state index in [0.29, 0.717) is 12.1 Å². The molecule has 1 saturated heterocycles. The van der Waals surface area contributed by atoms with E-state index in [9.17, 15) is 4.79 Å². The Morgan fingerprint density at radius 1 is 1.47 bits per heavy atom. The van der Waals surface area contributed by atoms with Crippen LogP contribution in [0.15, 0.2) is 18.2 Å². The molecular weight excluding hydrogens is 192 g/mol. The van der Waals surface area contributed by atoms with E-state index in [4.69, 9.17) is 10.5 Å². The van der Waals surface area contributed by atoms with Crippen LogP contribution in [-0.2, 0) is 4.79 Å². The van der Waals surface area contributed by atoms with Crippen molar-refractivity contribution in [2.24, 2.45) is 0 Å². The highest BCUT2D eigenvalue weighted by atomic mass is 16.5. The molecule has 1 aromatic carbocycles. The van der Waals surface area contributed by atoms with Gasteiger partial charge in [0.05, 0.1) is 18.5 Å². The number of carbonyl (C=O) groups excluding carboxylic acids is 1. The van der Waals surface area contributed by atoms with Gasteiger partial charge in [0.15, 0.2) is 0 Å². The van der Waals surface area contributed by atoms with Crippen molar-refractivity contribution in [3.8, 4) is 5.75 Å². The zero-order valence-electron chi connectivity index (χ0n) is 8.69. The van der Waals surface area contributed by atoms with Gasteiger partial charge in [0.1, 0.15) is 5.75 Å². The molecule has 1 aromatic rings. The number of nitrogens with zero attached hydrogens (tertiary/aromatic N) is 1. The molecule has 1 aliphatic rings. The summed E-state index contributed by atoms with van der Waals surface area (Å²) in [5.74, 6) is 0.855. The molecule has 4 heteroatoms. The Balaban J connectivity index is 2.37. The fraction of sp³-hybridized carbons (Fsp3) is 0.364. The van der Waals surface area contributed by atoms with Gasteiger partial charge in [-0.25, -0.2) is 0 Å². The number of ether oxygens (including phenoxy) is 1. The summed E-state index contributed by atoms with van der Waals surface area (Å²) in [4.78, 5) is 13.3. The van der Waals surface area contributed by atoms with Gasteiger partial charge in [0.2, 0.25) is 5.91 Å². The first kappa shape index (κ1) is 9.83. The van der Waals surface area contributed by atoms with Crippen molar-refractivity contribution in [2.45, 2.75) is 12.8 Å². The third-order valence-electron chi connectivity index (χ3n) is 2.60. The summed E-state index contributed by atoms with van der Waals surface area (Å²) in [6.45, 7) is 0.746. The SMILES string of the molecule is COc1ccc(N)c(N2CCCC2=O)c1. The molecule has 0 aliphatic carbocycles. The largest absolute Gasteiger partial charge is 0.497 e. The van der Waals surface area contributed by atoms with E-state index in [1.165, 1.54) is 0 Å². The van der Waals surface area contributed by atoms with Gasteiger partial charge in [0.25, 0.3) is 0 Å². The fourth-order valence-corrected chi connectivity index (χ4v) is 1.79. The number of amides is 1. The number of hydrogen-bond donors (Lipinski definition) is 1. The first-order valence-corrected chi connectivity index (χ1v) is 4.96. The van der Waals surface area contributed by atoms with Crippen molar-refractivity contribution in [1.82, 2.24) is 0 Å². The lowest BCUT2D eigenvalue weighted by molar-refractivity contribution is -0.117. The van der Waals surface area contributed by atoms with E-state index in [1.54, 1.807) is 30.2 Å². The monoisotopic (exact) mass is 206 g/mol. The molecule has 15 heavy (non-hydrogen) atoms. The maximum Gasteiger partial charge on any atom is 0.227 e. The van der Waals surface area contributed by atoms with E-state index in [1.807, 2.05) is 0 Å². The normalized spacial score (nSPS) is 15.8. The fourth-order valence-electron chi connectivity index (χ4n) is 1.79. The Morgan fingerprint density at radius 3 is 2.87 bits per heavy atom. The Hall–Kier alpha value is -1.71. The van der Waals surface area contributed by atoms with E-state index >= 15 is 0 Å². The molecule has 0 atom stereocenters. The first-order chi connectivity index (χ1) is 7.22. The summed E-state index contributed by atoms with van der Waals surface area (Å²) in [5, 5.41) is 0. The minimum Gasteiger partial charge on any atom is -0.497 e. The van der Waals surface area contributed by atoms with E-state index < -0.39 is 0 Å². The lowest BCUT2D eigenvalue weighted by atomic mass is 10.2. The number of nitrogen functional groups attached to an aromatic ring is 1. The average Bonchev–Trinajstić information content (AvgIpc) is 2.65. The number of nitrogens with two attached hydrogens (primary N) is 1. The highest BCUT2D eigenvalue weighted by molar-refractivity contribution is 5.98. The highest BCUT2D eigenvalue weighted by Crippen LogP contribution is 2.30. The Morgan fingerprint density at radius 2 is 2.27 bits per heavy atom. The van der Waals surface area contributed by atoms with Crippen LogP contribution >= 0.6 is 0 Å². The van der Waals surface area contributed by atoms with Crippen LogP contribution in [0.1, 0.15) is 12.8 Å². The van der Waals surface area contributed by atoms with Crippen LogP contribution in [0.25, 0.3) is 0 Å². The average molecular weight is 206 g/mol. The maximum absolute atomic E-state index is 11.6. The lowest BCUT2D eigenvalue weighted by Gasteiger charge is -2.18. The van der Waals surface area contributed by atoms with Crippen LogP contribution < -0.4 is 15.4 Å². The summed E-state index contributed by atoms with van der Waals surface area (Å²) < 4.78 is 5.11. The van der Waals surface area contributed by atoms with Crippen LogP contribution in [0.3, 0.4) is 0 Å². The minimum atomic E-state index is 0.134. The summed E-state index contributed by atoms with van der Waals surface area (Å²) in [7, 11) is 1.60. The molecule has 1 amide bonds. The van der Waals surface area contributed by atoms with Crippen LogP contribution in [0, 0.1) is 0 Å². The molecule has 1 fully saturated rings. The van der Waals surface area contributed by atoms with Crippen molar-refractivity contribution in [3.05, 3.63) is 18.2 Å². The maximum atomic E-state index is 11.6. The van der Waals surface area contributed by atoms with Gasteiger partial charge in [-0.1, -0.05) is 0 Å². The van der Waals surface area contributed by atoms with Gasteiger partial charge in [-0.05, 0) is 18.6 Å². The predicted molar refractivity (Wildman–Crippen MR) is 59.0 cm³/mol. The molecule has 2 N–H and O–H groups in total. The summed E-state index contributed by atoms with van der Waals surface area (Å²) in [6.07, 6.45) is 1.51. The van der Waals surface area contributed by atoms with E-state index in [2.05, 4.69) is 0 Å². The van der Waals surface area contributed by atoms with E-state index in [-0.39, 0.29) is 5.91 Å². The second kappa shape index (κ2) is 3.81. The summed E-state index contributed by atoms with van der Waals surface area (Å²) in [5.41, 5.74) is 7.21. The second-order valence-electron chi connectivity index (χ2n) is 3.57. The standard InChI is InChI=1S/C11H14N2O2/c1-15-8-4-5-9(12)10(7-8)13-6-2-3-11(13)14/h4-5,7H,2-3,6,12H2,1H3. The second-order valence-corrected chi connectivity index (χ2v) is 3.57. The topological polar surface area (TPSA) is 55.6 Å². The zero-order chi connectivity index (χ0) is 10.8. The Labute approximate surface area is 88.6 Å². The molecule has 0 spiro atoms. The van der Waals surface area contributed by atoms with Gasteiger partial charge >= 0.3 is 0 Å². The van der Waals surface area contributed by atoms with Crippen LogP contribution in [0.5, 0.6) is 5.75 Å². The van der Waals surface area contributed by atoms with Crippen LogP contribution in [-0.4, -0.2) is 19.6 Å². The number of methoxy groups -OCH3 is 1. The first-order valence-electron chi connectivity index (χ1n) is 4.96. The van der Waals surface area contributed by atoms with E-state index in [0.717, 1.165) is 24.4 Å². The zero-order valence-corrected chi connectivity index (χ0v) is 8.69. The van der Waals surface area contributed by atoms with Gasteiger partial charge in [0, 0.05) is 19.0 Å². The predicted octanol–water partition coefficient (Wildman–Crippen LogP) is 1.40. The molecule has 2 rings (SSSR count). The van der Waals surface area contributed by atoms with Crippen LogP contribution in [0.2, 0.25) is 0 Å². The molecular formula is C11H14N2O2. The van der Waals surface area contributed by atoms with Crippen molar-refractivity contribution in [1.29, 1.82) is 0 Å². The number of anilines is 2. The summed E-state index contributed by atoms with van der Waals surface area (Å²) in [6, 6.07) is 5.36. The van der Waals surface area contributed by atoms with Gasteiger partial charge in [-0.2, -0.15) is 0 Å². The highest BCUT2D eigenvalue weighted by Gasteiger charge is 2.23. The number of rotatable bonds is 2. The molecule has 1 heterocycles. The molecule has 0 aromatic heterocycles. The third-order valence-corrected chi connectivity index (χ3v) is 2.60. The molecule has 0 bridgehead atoms. The molecule has 0 radical (unpaired) electrons. The Bertz CT molecular complexity index is 390.